The molecule has 144 valence electrons. The summed E-state index contributed by atoms with van der Waals surface area (Å²) in [6.07, 6.45) is 1.85. The fraction of sp³-hybridized carbons (Fsp3) is 0.500. The molecule has 2 heterocycles. The second-order valence-corrected chi connectivity index (χ2v) is 7.56. The average molecular weight is 371 g/mol. The van der Waals surface area contributed by atoms with Gasteiger partial charge in [-0.15, -0.1) is 0 Å². The Balaban J connectivity index is 1.59. The molecule has 1 fully saturated rings. The maximum Gasteiger partial charge on any atom is 0.311 e. The van der Waals surface area contributed by atoms with Gasteiger partial charge in [-0.25, -0.2) is 4.98 Å². The molecule has 0 saturated carbocycles. The SMILES string of the molecule is CC(C)C1(C(=O)O)CCN(C(=O)CCCc2nc3ccccc3c(=O)[nH]2)C1. The largest absolute Gasteiger partial charge is 0.481 e. The molecule has 1 amide bonds. The van der Waals surface area contributed by atoms with Crippen LogP contribution in [0.1, 0.15) is 38.9 Å². The van der Waals surface area contributed by atoms with Crippen molar-refractivity contribution in [2.45, 2.75) is 39.5 Å². The fourth-order valence-electron chi connectivity index (χ4n) is 3.76. The molecule has 0 aliphatic carbocycles. The summed E-state index contributed by atoms with van der Waals surface area (Å²) in [5.74, 6) is -0.331. The highest BCUT2D eigenvalue weighted by Gasteiger charge is 2.48. The summed E-state index contributed by atoms with van der Waals surface area (Å²) in [5, 5.41) is 10.1. The number of rotatable bonds is 6. The Morgan fingerprint density at radius 1 is 1.33 bits per heavy atom. The van der Waals surface area contributed by atoms with E-state index in [1.807, 2.05) is 19.9 Å². The van der Waals surface area contributed by atoms with Crippen LogP contribution in [0.4, 0.5) is 0 Å². The highest BCUT2D eigenvalue weighted by molar-refractivity contribution is 5.81. The average Bonchev–Trinajstić information content (AvgIpc) is 3.09. The van der Waals surface area contributed by atoms with Crippen LogP contribution in [-0.2, 0) is 16.0 Å². The van der Waals surface area contributed by atoms with Gasteiger partial charge in [0.05, 0.1) is 16.3 Å². The van der Waals surface area contributed by atoms with Crippen LogP contribution in [0.15, 0.2) is 29.1 Å². The van der Waals surface area contributed by atoms with Crippen LogP contribution in [0.2, 0.25) is 0 Å². The number of hydrogen-bond acceptors (Lipinski definition) is 4. The number of carbonyl (C=O) groups is 2. The molecule has 1 aromatic heterocycles. The van der Waals surface area contributed by atoms with Gasteiger partial charge < -0.3 is 15.0 Å². The van der Waals surface area contributed by atoms with E-state index in [9.17, 15) is 19.5 Å². The van der Waals surface area contributed by atoms with Crippen molar-refractivity contribution in [1.82, 2.24) is 14.9 Å². The molecule has 1 aliphatic heterocycles. The monoisotopic (exact) mass is 371 g/mol. The Labute approximate surface area is 157 Å². The highest BCUT2D eigenvalue weighted by atomic mass is 16.4. The number of nitrogens with zero attached hydrogens (tertiary/aromatic N) is 2. The lowest BCUT2D eigenvalue weighted by atomic mass is 9.76. The third kappa shape index (κ3) is 3.72. The summed E-state index contributed by atoms with van der Waals surface area (Å²) < 4.78 is 0. The van der Waals surface area contributed by atoms with Gasteiger partial charge in [0.1, 0.15) is 5.82 Å². The molecule has 1 atom stereocenters. The Morgan fingerprint density at radius 2 is 2.07 bits per heavy atom. The molecule has 0 bridgehead atoms. The van der Waals surface area contributed by atoms with E-state index in [1.165, 1.54) is 0 Å². The molecule has 1 saturated heterocycles. The summed E-state index contributed by atoms with van der Waals surface area (Å²) in [5.41, 5.74) is -0.379. The Bertz CT molecular complexity index is 921. The number of carboxylic acid groups (broad SMARTS) is 1. The second kappa shape index (κ2) is 7.50. The van der Waals surface area contributed by atoms with E-state index in [0.717, 1.165) is 0 Å². The van der Waals surface area contributed by atoms with Crippen LogP contribution in [0.25, 0.3) is 10.9 Å². The van der Waals surface area contributed by atoms with Gasteiger partial charge in [-0.05, 0) is 30.9 Å². The summed E-state index contributed by atoms with van der Waals surface area (Å²) in [6, 6.07) is 7.15. The summed E-state index contributed by atoms with van der Waals surface area (Å²) in [6.45, 7) is 4.53. The van der Waals surface area contributed by atoms with Gasteiger partial charge >= 0.3 is 5.97 Å². The van der Waals surface area contributed by atoms with E-state index in [2.05, 4.69) is 9.97 Å². The first-order valence-electron chi connectivity index (χ1n) is 9.32. The summed E-state index contributed by atoms with van der Waals surface area (Å²) >= 11 is 0. The molecule has 1 aliphatic rings. The molecule has 2 aromatic rings. The number of nitrogens with one attached hydrogen (secondary N) is 1. The number of fused-ring (bicyclic) bond motifs is 1. The topological polar surface area (TPSA) is 103 Å². The molecular formula is C20H25N3O4. The maximum atomic E-state index is 12.5. The number of aliphatic carboxylic acids is 1. The number of aromatic amines is 1. The molecule has 1 aromatic carbocycles. The Morgan fingerprint density at radius 3 is 2.74 bits per heavy atom. The number of para-hydroxylation sites is 1. The number of hydrogen-bond donors (Lipinski definition) is 2. The zero-order chi connectivity index (χ0) is 19.6. The minimum Gasteiger partial charge on any atom is -0.481 e. The number of likely N-dealkylation sites (tertiary alicyclic amines) is 1. The highest BCUT2D eigenvalue weighted by Crippen LogP contribution is 2.38. The minimum absolute atomic E-state index is 0.0281. The lowest BCUT2D eigenvalue weighted by molar-refractivity contribution is -0.151. The molecule has 0 radical (unpaired) electrons. The van der Waals surface area contributed by atoms with E-state index in [4.69, 9.17) is 0 Å². The van der Waals surface area contributed by atoms with Gasteiger partial charge in [-0.3, -0.25) is 14.4 Å². The van der Waals surface area contributed by atoms with Gasteiger partial charge in [-0.2, -0.15) is 0 Å². The number of H-pyrrole nitrogens is 1. The Kier molecular flexibility index (Phi) is 5.30. The molecule has 7 nitrogen and oxygen atoms in total. The van der Waals surface area contributed by atoms with Crippen LogP contribution in [0, 0.1) is 11.3 Å². The van der Waals surface area contributed by atoms with Crippen LogP contribution >= 0.6 is 0 Å². The first-order chi connectivity index (χ1) is 12.8. The number of aromatic nitrogens is 2. The summed E-state index contributed by atoms with van der Waals surface area (Å²) in [4.78, 5) is 45.1. The third-order valence-corrected chi connectivity index (χ3v) is 5.65. The first-order valence-corrected chi connectivity index (χ1v) is 9.32. The predicted octanol–water partition coefficient (Wildman–Crippen LogP) is 2.21. The standard InChI is InChI=1S/C20H25N3O4/c1-13(2)20(19(26)27)10-11-23(12-20)17(24)9-5-8-16-21-15-7-4-3-6-14(15)18(25)22-16/h3-4,6-7,13H,5,8-12H2,1-2H3,(H,26,27)(H,21,22,25). The van der Waals surface area contributed by atoms with E-state index < -0.39 is 11.4 Å². The molecule has 7 heteroatoms. The normalized spacial score (nSPS) is 19.7. The number of aryl methyl sites for hydroxylation is 1. The van der Waals surface area contributed by atoms with Crippen LogP contribution in [0.3, 0.4) is 0 Å². The minimum atomic E-state index is -0.846. The summed E-state index contributed by atoms with van der Waals surface area (Å²) in [7, 11) is 0. The van der Waals surface area contributed by atoms with Gasteiger partial charge in [0.15, 0.2) is 0 Å². The quantitative estimate of drug-likeness (QED) is 0.810. The molecule has 1 unspecified atom stereocenters. The number of benzene rings is 1. The van der Waals surface area contributed by atoms with Crippen molar-refractivity contribution < 1.29 is 14.7 Å². The number of amides is 1. The first kappa shape index (κ1) is 19.1. The zero-order valence-electron chi connectivity index (χ0n) is 15.7. The smallest absolute Gasteiger partial charge is 0.311 e. The number of carbonyl (C=O) groups excluding carboxylic acids is 1. The molecule has 3 rings (SSSR count). The molecule has 0 spiro atoms. The van der Waals surface area contributed by atoms with E-state index in [-0.39, 0.29) is 23.9 Å². The van der Waals surface area contributed by atoms with Crippen molar-refractivity contribution in [3.05, 3.63) is 40.4 Å². The van der Waals surface area contributed by atoms with Crippen LogP contribution in [-0.4, -0.2) is 44.9 Å². The maximum absolute atomic E-state index is 12.5. The van der Waals surface area contributed by atoms with Crippen molar-refractivity contribution >= 4 is 22.8 Å². The van der Waals surface area contributed by atoms with Crippen molar-refractivity contribution in [2.24, 2.45) is 11.3 Å². The Hall–Kier alpha value is -2.70. The predicted molar refractivity (Wildman–Crippen MR) is 101 cm³/mol. The lowest BCUT2D eigenvalue weighted by Crippen LogP contribution is -2.40. The van der Waals surface area contributed by atoms with Crippen molar-refractivity contribution in [2.75, 3.05) is 13.1 Å². The van der Waals surface area contributed by atoms with Crippen LogP contribution < -0.4 is 5.56 Å². The van der Waals surface area contributed by atoms with Crippen molar-refractivity contribution in [3.63, 3.8) is 0 Å². The van der Waals surface area contributed by atoms with E-state index in [1.54, 1.807) is 23.1 Å². The van der Waals surface area contributed by atoms with Gasteiger partial charge in [0.2, 0.25) is 5.91 Å². The second-order valence-electron chi connectivity index (χ2n) is 7.56. The van der Waals surface area contributed by atoms with Crippen molar-refractivity contribution in [1.29, 1.82) is 0 Å². The van der Waals surface area contributed by atoms with E-state index >= 15 is 0 Å². The van der Waals surface area contributed by atoms with Crippen LogP contribution in [0.5, 0.6) is 0 Å². The number of carboxylic acids is 1. The van der Waals surface area contributed by atoms with Gasteiger partial charge in [0.25, 0.3) is 5.56 Å². The van der Waals surface area contributed by atoms with Gasteiger partial charge in [0, 0.05) is 25.9 Å². The fourth-order valence-corrected chi connectivity index (χ4v) is 3.76. The van der Waals surface area contributed by atoms with Gasteiger partial charge in [-0.1, -0.05) is 26.0 Å². The van der Waals surface area contributed by atoms with E-state index in [0.29, 0.717) is 49.0 Å². The molecular weight excluding hydrogens is 346 g/mol. The lowest BCUT2D eigenvalue weighted by Gasteiger charge is -2.28. The van der Waals surface area contributed by atoms with Crippen molar-refractivity contribution in [3.8, 4) is 0 Å². The zero-order valence-corrected chi connectivity index (χ0v) is 15.7. The molecule has 27 heavy (non-hydrogen) atoms. The molecule has 2 N–H and O–H groups in total. The third-order valence-electron chi connectivity index (χ3n) is 5.65.